The summed E-state index contributed by atoms with van der Waals surface area (Å²) in [6.45, 7) is 16.8. The van der Waals surface area contributed by atoms with Crippen LogP contribution in [0.4, 0.5) is 4.79 Å². The molecule has 6 N–H and O–H groups in total. The molecule has 0 saturated carbocycles. The lowest BCUT2D eigenvalue weighted by Gasteiger charge is -2.30. The number of alkyl carbamates (subject to hydrolysis) is 1. The van der Waals surface area contributed by atoms with Gasteiger partial charge in [-0.1, -0.05) is 53.7 Å². The van der Waals surface area contributed by atoms with E-state index < -0.39 is 58.5 Å². The van der Waals surface area contributed by atoms with Crippen LogP contribution in [0.5, 0.6) is 11.5 Å². The molecule has 12 nitrogen and oxygen atoms in total. The molecule has 1 aliphatic heterocycles. The van der Waals surface area contributed by atoms with E-state index in [0.717, 1.165) is 0 Å². The van der Waals surface area contributed by atoms with E-state index in [2.05, 4.69) is 5.32 Å². The summed E-state index contributed by atoms with van der Waals surface area (Å²) < 4.78 is 10.3. The first kappa shape index (κ1) is 39.1. The zero-order valence-corrected chi connectivity index (χ0v) is 30.4. The first-order chi connectivity index (χ1) is 22.4. The number of aromatic hydroxyl groups is 2. The van der Waals surface area contributed by atoms with Gasteiger partial charge in [-0.05, 0) is 74.1 Å². The van der Waals surface area contributed by atoms with Gasteiger partial charge >= 0.3 is 18.0 Å². The zero-order valence-electron chi connectivity index (χ0n) is 30.4. The highest BCUT2D eigenvalue weighted by Crippen LogP contribution is 2.46. The molecule has 12 heteroatoms. The van der Waals surface area contributed by atoms with Crippen LogP contribution in [-0.2, 0) is 47.5 Å². The Kier molecular flexibility index (Phi) is 11.7. The Balaban J connectivity index is 2.25. The van der Waals surface area contributed by atoms with Gasteiger partial charge in [0.25, 0.3) is 0 Å². The van der Waals surface area contributed by atoms with E-state index in [1.807, 2.05) is 41.5 Å². The molecule has 1 fully saturated rings. The van der Waals surface area contributed by atoms with E-state index in [9.17, 15) is 34.5 Å². The molecule has 0 spiro atoms. The number of phenols is 2. The number of methoxy groups -OCH3 is 1. The summed E-state index contributed by atoms with van der Waals surface area (Å²) in [4.78, 5) is 52.4. The Hall–Kier alpha value is -4.32. The van der Waals surface area contributed by atoms with E-state index in [-0.39, 0.29) is 42.0 Å². The second-order valence-corrected chi connectivity index (χ2v) is 15.8. The number of carboxylic acids is 1. The molecule has 3 rings (SSSR count). The number of hydrogen-bond acceptors (Lipinski definition) is 9. The van der Waals surface area contributed by atoms with Crippen molar-refractivity contribution in [1.29, 1.82) is 0 Å². The van der Waals surface area contributed by atoms with Crippen molar-refractivity contribution < 1.29 is 44.0 Å². The fourth-order valence-electron chi connectivity index (χ4n) is 6.04. The SMILES string of the molecule is COC(=O)C(N)Cc1cc(-c2cc(CC(NC(=O)OC(C)(C)C)C(=O)N3CCCC3C(=O)O)cc(C(C)(C)C)c2O)c(O)c(C(C)(C)C)c1. The zero-order chi connectivity index (χ0) is 37.2. The number of rotatable bonds is 9. The molecule has 0 aliphatic carbocycles. The predicted octanol–water partition coefficient (Wildman–Crippen LogP) is 4.91. The van der Waals surface area contributed by atoms with Gasteiger partial charge in [0.1, 0.15) is 35.2 Å². The number of nitrogens with two attached hydrogens (primary N) is 1. The number of nitrogens with zero attached hydrogens (tertiary/aromatic N) is 1. The van der Waals surface area contributed by atoms with Crippen molar-refractivity contribution >= 4 is 23.9 Å². The Bertz CT molecular complexity index is 1580. The van der Waals surface area contributed by atoms with Crippen LogP contribution in [0.1, 0.15) is 97.4 Å². The molecule has 2 aromatic rings. The summed E-state index contributed by atoms with van der Waals surface area (Å²) in [6.07, 6.45) is -0.00794. The van der Waals surface area contributed by atoms with E-state index in [1.165, 1.54) is 12.0 Å². The van der Waals surface area contributed by atoms with Gasteiger partial charge in [0.15, 0.2) is 0 Å². The third-order valence-corrected chi connectivity index (χ3v) is 8.45. The second kappa shape index (κ2) is 14.7. The molecule has 0 aromatic heterocycles. The van der Waals surface area contributed by atoms with Gasteiger partial charge in [0, 0.05) is 35.2 Å². The maximum absolute atomic E-state index is 14.0. The number of amides is 2. The Morgan fingerprint density at radius 1 is 0.878 bits per heavy atom. The number of likely N-dealkylation sites (tertiary alicyclic amines) is 1. The van der Waals surface area contributed by atoms with Crippen LogP contribution in [0.3, 0.4) is 0 Å². The number of phenolic OH excluding ortho intramolecular Hbond substituents is 2. The molecule has 2 amide bonds. The average Bonchev–Trinajstić information content (AvgIpc) is 3.46. The number of carbonyl (C=O) groups excluding carboxylic acids is 3. The van der Waals surface area contributed by atoms with Crippen molar-refractivity contribution in [3.8, 4) is 22.6 Å². The maximum atomic E-state index is 14.0. The van der Waals surface area contributed by atoms with Crippen LogP contribution in [0.15, 0.2) is 24.3 Å². The fraction of sp³-hybridized carbons (Fsp3) is 0.568. The molecule has 1 aliphatic rings. The molecular formula is C37H53N3O9. The van der Waals surface area contributed by atoms with E-state index in [0.29, 0.717) is 35.1 Å². The number of carboxylic acid groups (broad SMARTS) is 1. The summed E-state index contributed by atoms with van der Waals surface area (Å²) in [7, 11) is 1.25. The topological polar surface area (TPSA) is 189 Å². The minimum atomic E-state index is -1.21. The number of nitrogens with one attached hydrogen (secondary N) is 1. The van der Waals surface area contributed by atoms with Gasteiger partial charge in [-0.3, -0.25) is 9.59 Å². The highest BCUT2D eigenvalue weighted by Gasteiger charge is 2.39. The van der Waals surface area contributed by atoms with Crippen molar-refractivity contribution in [3.05, 3.63) is 46.5 Å². The summed E-state index contributed by atoms with van der Waals surface area (Å²) >= 11 is 0. The van der Waals surface area contributed by atoms with Gasteiger partial charge in [-0.15, -0.1) is 0 Å². The van der Waals surface area contributed by atoms with Crippen molar-refractivity contribution in [1.82, 2.24) is 10.2 Å². The normalized spacial score (nSPS) is 16.6. The van der Waals surface area contributed by atoms with Crippen LogP contribution in [0.25, 0.3) is 11.1 Å². The third-order valence-electron chi connectivity index (χ3n) is 8.45. The van der Waals surface area contributed by atoms with Gasteiger partial charge in [-0.2, -0.15) is 0 Å². The van der Waals surface area contributed by atoms with E-state index in [1.54, 1.807) is 45.0 Å². The highest BCUT2D eigenvalue weighted by atomic mass is 16.6. The molecular weight excluding hydrogens is 630 g/mol. The van der Waals surface area contributed by atoms with Crippen molar-refractivity contribution in [2.75, 3.05) is 13.7 Å². The van der Waals surface area contributed by atoms with Crippen molar-refractivity contribution in [3.63, 3.8) is 0 Å². The van der Waals surface area contributed by atoms with Gasteiger partial charge in [0.2, 0.25) is 5.91 Å². The third kappa shape index (κ3) is 9.65. The molecule has 1 heterocycles. The van der Waals surface area contributed by atoms with Crippen molar-refractivity contribution in [2.45, 2.75) is 123 Å². The summed E-state index contributed by atoms with van der Waals surface area (Å²) in [5.41, 5.74) is 6.91. The lowest BCUT2D eigenvalue weighted by atomic mass is 9.79. The minimum absolute atomic E-state index is 0.0724. The Morgan fingerprint density at radius 3 is 1.80 bits per heavy atom. The predicted molar refractivity (Wildman–Crippen MR) is 186 cm³/mol. The summed E-state index contributed by atoms with van der Waals surface area (Å²) in [5.74, 6) is -2.45. The fourth-order valence-corrected chi connectivity index (χ4v) is 6.04. The maximum Gasteiger partial charge on any atom is 0.408 e. The minimum Gasteiger partial charge on any atom is -0.507 e. The number of hydrogen-bond donors (Lipinski definition) is 5. The van der Waals surface area contributed by atoms with Crippen LogP contribution in [0, 0.1) is 0 Å². The second-order valence-electron chi connectivity index (χ2n) is 15.8. The molecule has 3 unspecified atom stereocenters. The van der Waals surface area contributed by atoms with E-state index >= 15 is 0 Å². The Labute approximate surface area is 289 Å². The van der Waals surface area contributed by atoms with Crippen LogP contribution < -0.4 is 11.1 Å². The van der Waals surface area contributed by atoms with Crippen LogP contribution >= 0.6 is 0 Å². The number of esters is 1. The lowest BCUT2D eigenvalue weighted by molar-refractivity contribution is -0.149. The molecule has 49 heavy (non-hydrogen) atoms. The van der Waals surface area contributed by atoms with Gasteiger partial charge in [-0.25, -0.2) is 9.59 Å². The van der Waals surface area contributed by atoms with Crippen LogP contribution in [-0.4, -0.2) is 81.5 Å². The molecule has 0 radical (unpaired) electrons. The molecule has 2 aromatic carbocycles. The summed E-state index contributed by atoms with van der Waals surface area (Å²) in [5, 5.41) is 35.9. The first-order valence-corrected chi connectivity index (χ1v) is 16.5. The number of ether oxygens (including phenoxy) is 2. The molecule has 0 bridgehead atoms. The molecule has 3 atom stereocenters. The number of carbonyl (C=O) groups is 4. The van der Waals surface area contributed by atoms with Gasteiger partial charge < -0.3 is 40.7 Å². The standard InChI is InChI=1S/C37H53N3O9/c1-35(2,3)24-16-20(18-26(38)33(46)48-10)14-22(29(24)41)23-15-21(17-25(30(23)42)36(4,5)6)19-27(39-34(47)49-37(7,8)9)31(43)40-13-11-12-28(40)32(44)45/h14-17,26-28,41-42H,11-13,18-19,38H2,1-10H3,(H,39,47)(H,44,45). The lowest BCUT2D eigenvalue weighted by Crippen LogP contribution is -2.53. The molecule has 270 valence electrons. The smallest absolute Gasteiger partial charge is 0.408 e. The van der Waals surface area contributed by atoms with E-state index in [4.69, 9.17) is 15.2 Å². The summed E-state index contributed by atoms with van der Waals surface area (Å²) in [6, 6.07) is 3.64. The number of aliphatic carboxylic acids is 1. The first-order valence-electron chi connectivity index (χ1n) is 16.5. The average molecular weight is 684 g/mol. The monoisotopic (exact) mass is 683 g/mol. The largest absolute Gasteiger partial charge is 0.507 e. The van der Waals surface area contributed by atoms with Crippen molar-refractivity contribution in [2.24, 2.45) is 5.73 Å². The quantitative estimate of drug-likeness (QED) is 0.227. The highest BCUT2D eigenvalue weighted by molar-refractivity contribution is 5.90. The molecule has 1 saturated heterocycles. The number of benzene rings is 2. The van der Waals surface area contributed by atoms with Crippen LogP contribution in [0.2, 0.25) is 0 Å². The Morgan fingerprint density at radius 2 is 1.37 bits per heavy atom. The van der Waals surface area contributed by atoms with Gasteiger partial charge in [0.05, 0.1) is 7.11 Å².